The van der Waals surface area contributed by atoms with E-state index in [4.69, 9.17) is 0 Å². The lowest BCUT2D eigenvalue weighted by Crippen LogP contribution is -2.14. The minimum absolute atomic E-state index is 0.103. The van der Waals surface area contributed by atoms with Crippen LogP contribution in [0.25, 0.3) is 0 Å². The van der Waals surface area contributed by atoms with Gasteiger partial charge < -0.3 is 4.90 Å². The fourth-order valence-electron chi connectivity index (χ4n) is 0.559. The fourth-order valence-corrected chi connectivity index (χ4v) is 0.559. The summed E-state index contributed by atoms with van der Waals surface area (Å²) in [5.74, 6) is 0. The molecule has 0 spiro atoms. The maximum absolute atomic E-state index is 11.6. The zero-order valence-corrected chi connectivity index (χ0v) is 4.63. The standard InChI is InChI=1S/C5H7FN2/c1-5-2-8(3-6)4-7-5/h2,5H,3H2,1H3. The molecule has 0 saturated carbocycles. The fraction of sp³-hybridized carbons (Fsp3) is 0.600. The third kappa shape index (κ3) is 0.967. The van der Waals surface area contributed by atoms with E-state index < -0.39 is 6.80 Å². The summed E-state index contributed by atoms with van der Waals surface area (Å²) in [5.41, 5.74) is 0. The molecule has 0 bridgehead atoms. The van der Waals surface area contributed by atoms with Crippen molar-refractivity contribution in [2.75, 3.05) is 6.80 Å². The minimum atomic E-state index is -0.520. The molecule has 0 aromatic rings. The van der Waals surface area contributed by atoms with Crippen molar-refractivity contribution >= 4 is 6.34 Å². The molecule has 1 aliphatic rings. The molecule has 2 nitrogen and oxygen atoms in total. The molecule has 1 heterocycles. The van der Waals surface area contributed by atoms with Gasteiger partial charge >= 0.3 is 0 Å². The van der Waals surface area contributed by atoms with Crippen molar-refractivity contribution in [3.05, 3.63) is 6.54 Å². The Morgan fingerprint density at radius 2 is 2.75 bits per heavy atom. The molecular formula is C5H7FN2. The van der Waals surface area contributed by atoms with Gasteiger partial charge in [0.15, 0.2) is 13.1 Å². The van der Waals surface area contributed by atoms with Crippen molar-refractivity contribution in [3.63, 3.8) is 0 Å². The van der Waals surface area contributed by atoms with Crippen LogP contribution >= 0.6 is 0 Å². The van der Waals surface area contributed by atoms with E-state index >= 15 is 0 Å². The van der Waals surface area contributed by atoms with Crippen LogP contribution in [0.4, 0.5) is 4.39 Å². The Morgan fingerprint density at radius 1 is 2.00 bits per heavy atom. The van der Waals surface area contributed by atoms with Gasteiger partial charge in [-0.3, -0.25) is 4.99 Å². The molecule has 0 saturated heterocycles. The summed E-state index contributed by atoms with van der Waals surface area (Å²) in [6.07, 6.45) is 2.48. The van der Waals surface area contributed by atoms with Crippen molar-refractivity contribution in [1.29, 1.82) is 0 Å². The van der Waals surface area contributed by atoms with Crippen LogP contribution in [0.15, 0.2) is 4.99 Å². The van der Waals surface area contributed by atoms with Crippen molar-refractivity contribution in [2.24, 2.45) is 4.99 Å². The predicted molar refractivity (Wildman–Crippen MR) is 29.0 cm³/mol. The normalized spacial score (nSPS) is 27.2. The second-order valence-corrected chi connectivity index (χ2v) is 1.71. The zero-order valence-electron chi connectivity index (χ0n) is 4.63. The van der Waals surface area contributed by atoms with E-state index in [0.717, 1.165) is 0 Å². The van der Waals surface area contributed by atoms with E-state index in [9.17, 15) is 4.39 Å². The second kappa shape index (κ2) is 2.11. The average molecular weight is 114 g/mol. The zero-order chi connectivity index (χ0) is 5.98. The molecule has 0 N–H and O–H groups in total. The van der Waals surface area contributed by atoms with Crippen LogP contribution in [-0.4, -0.2) is 24.1 Å². The number of alkyl halides is 1. The highest BCUT2D eigenvalue weighted by molar-refractivity contribution is 5.59. The molecule has 1 atom stereocenters. The van der Waals surface area contributed by atoms with Crippen molar-refractivity contribution in [3.8, 4) is 0 Å². The first-order valence-corrected chi connectivity index (χ1v) is 2.46. The average Bonchev–Trinajstić information content (AvgIpc) is 2.14. The van der Waals surface area contributed by atoms with Gasteiger partial charge in [-0.2, -0.15) is 0 Å². The van der Waals surface area contributed by atoms with Gasteiger partial charge in [-0.25, -0.2) is 4.39 Å². The molecular weight excluding hydrogens is 107 g/mol. The van der Waals surface area contributed by atoms with E-state index in [-0.39, 0.29) is 6.04 Å². The monoisotopic (exact) mass is 114 g/mol. The van der Waals surface area contributed by atoms with Gasteiger partial charge in [-0.05, 0) is 6.92 Å². The topological polar surface area (TPSA) is 15.6 Å². The third-order valence-corrected chi connectivity index (χ3v) is 0.914. The van der Waals surface area contributed by atoms with Gasteiger partial charge in [-0.1, -0.05) is 0 Å². The summed E-state index contributed by atoms with van der Waals surface area (Å²) in [6, 6.07) is 0.103. The van der Waals surface area contributed by atoms with E-state index in [0.29, 0.717) is 0 Å². The summed E-state index contributed by atoms with van der Waals surface area (Å²) >= 11 is 0. The number of hydrogen-bond donors (Lipinski definition) is 0. The molecule has 0 amide bonds. The summed E-state index contributed by atoms with van der Waals surface area (Å²) in [5, 5.41) is 0. The first kappa shape index (κ1) is 5.54. The van der Waals surface area contributed by atoms with Gasteiger partial charge in [0.1, 0.15) is 0 Å². The lowest BCUT2D eigenvalue weighted by molar-refractivity contribution is 0.330. The summed E-state index contributed by atoms with van der Waals surface area (Å²) in [7, 11) is 0. The molecule has 0 aromatic heterocycles. The highest BCUT2D eigenvalue weighted by Crippen LogP contribution is 2.06. The number of halogens is 1. The second-order valence-electron chi connectivity index (χ2n) is 1.71. The number of rotatable bonds is 1. The van der Waals surface area contributed by atoms with Crippen LogP contribution in [0.1, 0.15) is 6.92 Å². The largest absolute Gasteiger partial charge is 0.319 e. The SMILES string of the molecule is CC1[CH]N(CF)[C]=N1. The Labute approximate surface area is 48.0 Å². The first-order valence-electron chi connectivity index (χ1n) is 2.46. The minimum Gasteiger partial charge on any atom is -0.319 e. The van der Waals surface area contributed by atoms with Crippen molar-refractivity contribution in [2.45, 2.75) is 13.0 Å². The van der Waals surface area contributed by atoms with Crippen molar-refractivity contribution in [1.82, 2.24) is 4.90 Å². The Kier molecular flexibility index (Phi) is 1.46. The van der Waals surface area contributed by atoms with E-state index in [1.54, 1.807) is 6.54 Å². The number of hydrogen-bond acceptors (Lipinski definition) is 2. The van der Waals surface area contributed by atoms with Gasteiger partial charge in [0.05, 0.1) is 12.6 Å². The van der Waals surface area contributed by atoms with Crippen LogP contribution in [0.2, 0.25) is 0 Å². The van der Waals surface area contributed by atoms with Crippen LogP contribution in [-0.2, 0) is 0 Å². The van der Waals surface area contributed by atoms with E-state index in [2.05, 4.69) is 11.3 Å². The van der Waals surface area contributed by atoms with Crippen LogP contribution in [0.3, 0.4) is 0 Å². The van der Waals surface area contributed by atoms with E-state index in [1.165, 1.54) is 4.90 Å². The molecule has 0 aromatic carbocycles. The summed E-state index contributed by atoms with van der Waals surface area (Å²) in [4.78, 5) is 5.07. The molecule has 2 radical (unpaired) electrons. The molecule has 1 aliphatic heterocycles. The maximum atomic E-state index is 11.6. The number of nitrogens with zero attached hydrogens (tertiary/aromatic N) is 2. The van der Waals surface area contributed by atoms with Crippen LogP contribution in [0, 0.1) is 6.54 Å². The lowest BCUT2D eigenvalue weighted by Gasteiger charge is -2.05. The molecule has 44 valence electrons. The highest BCUT2D eigenvalue weighted by Gasteiger charge is 2.12. The van der Waals surface area contributed by atoms with Gasteiger partial charge in [0, 0.05) is 0 Å². The van der Waals surface area contributed by atoms with Gasteiger partial charge in [0.25, 0.3) is 0 Å². The Balaban J connectivity index is 2.34. The Hall–Kier alpha value is -0.600. The maximum Gasteiger partial charge on any atom is 0.169 e. The molecule has 0 aliphatic carbocycles. The quantitative estimate of drug-likeness (QED) is 0.458. The summed E-state index contributed by atoms with van der Waals surface area (Å²) in [6.45, 7) is 3.04. The van der Waals surface area contributed by atoms with Gasteiger partial charge in [0.2, 0.25) is 0 Å². The Bertz CT molecular complexity index is 103. The Morgan fingerprint density at radius 3 is 3.00 bits per heavy atom. The molecule has 3 heteroatoms. The summed E-state index contributed by atoms with van der Waals surface area (Å²) < 4.78 is 11.6. The highest BCUT2D eigenvalue weighted by atomic mass is 19.1. The first-order chi connectivity index (χ1) is 3.83. The van der Waals surface area contributed by atoms with E-state index in [1.807, 2.05) is 6.92 Å². The number of aliphatic imine (C=N–C) groups is 1. The van der Waals surface area contributed by atoms with Crippen LogP contribution in [0.5, 0.6) is 0 Å². The lowest BCUT2D eigenvalue weighted by atomic mass is 10.4. The van der Waals surface area contributed by atoms with Crippen LogP contribution < -0.4 is 0 Å². The molecule has 8 heavy (non-hydrogen) atoms. The molecule has 1 unspecified atom stereocenters. The smallest absolute Gasteiger partial charge is 0.169 e. The molecule has 1 rings (SSSR count). The van der Waals surface area contributed by atoms with Crippen molar-refractivity contribution < 1.29 is 4.39 Å². The van der Waals surface area contributed by atoms with Gasteiger partial charge in [-0.15, -0.1) is 0 Å². The third-order valence-electron chi connectivity index (χ3n) is 0.914. The predicted octanol–water partition coefficient (Wildman–Crippen LogP) is 0.685. The molecule has 0 fully saturated rings.